The van der Waals surface area contributed by atoms with Crippen molar-refractivity contribution >= 4 is 44.8 Å². The molecule has 0 aliphatic rings. The highest BCUT2D eigenvalue weighted by Crippen LogP contribution is 2.18. The Kier molecular flexibility index (Phi) is 4.45. The lowest BCUT2D eigenvalue weighted by molar-refractivity contribution is -0.121. The number of halogens is 1. The Hall–Kier alpha value is -2.71. The van der Waals surface area contributed by atoms with Crippen molar-refractivity contribution in [3.63, 3.8) is 0 Å². The minimum absolute atomic E-state index is 0.0197. The molecular formula is C18H16ClN5O2S. The van der Waals surface area contributed by atoms with Crippen molar-refractivity contribution in [2.75, 3.05) is 0 Å². The minimum Gasteiger partial charge on any atom is -0.350 e. The largest absolute Gasteiger partial charge is 0.350 e. The molecule has 0 saturated heterocycles. The summed E-state index contributed by atoms with van der Waals surface area (Å²) in [5.41, 5.74) is 2.30. The van der Waals surface area contributed by atoms with Gasteiger partial charge < -0.3 is 9.88 Å². The van der Waals surface area contributed by atoms with Crippen LogP contribution in [0.5, 0.6) is 0 Å². The number of hydrogen-bond donors (Lipinski definition) is 1. The zero-order valence-corrected chi connectivity index (χ0v) is 16.3. The maximum atomic E-state index is 12.8. The van der Waals surface area contributed by atoms with E-state index in [1.54, 1.807) is 10.6 Å². The van der Waals surface area contributed by atoms with E-state index < -0.39 is 0 Å². The van der Waals surface area contributed by atoms with Gasteiger partial charge in [-0.1, -0.05) is 41.1 Å². The van der Waals surface area contributed by atoms with E-state index in [9.17, 15) is 9.59 Å². The summed E-state index contributed by atoms with van der Waals surface area (Å²) in [4.78, 5) is 30.3. The van der Waals surface area contributed by atoms with Gasteiger partial charge in [0.05, 0.1) is 5.52 Å². The Morgan fingerprint density at radius 1 is 1.30 bits per heavy atom. The molecule has 0 aliphatic carbocycles. The van der Waals surface area contributed by atoms with Gasteiger partial charge >= 0.3 is 0 Å². The van der Waals surface area contributed by atoms with Gasteiger partial charge in [0.1, 0.15) is 17.1 Å². The second-order valence-electron chi connectivity index (χ2n) is 6.21. The maximum Gasteiger partial charge on any atom is 0.299 e. The van der Waals surface area contributed by atoms with Crippen LogP contribution in [0.1, 0.15) is 16.3 Å². The second-order valence-corrected chi connectivity index (χ2v) is 7.77. The zero-order chi connectivity index (χ0) is 19.1. The molecule has 0 unspecified atom stereocenters. The molecule has 7 nitrogen and oxygen atoms in total. The van der Waals surface area contributed by atoms with Crippen LogP contribution in [-0.4, -0.2) is 25.1 Å². The van der Waals surface area contributed by atoms with E-state index in [0.29, 0.717) is 27.6 Å². The number of carbonyl (C=O) groups excluding carboxylic acids is 1. The fourth-order valence-corrected chi connectivity index (χ4v) is 3.94. The molecule has 0 bridgehead atoms. The summed E-state index contributed by atoms with van der Waals surface area (Å²) >= 11 is 7.47. The summed E-state index contributed by atoms with van der Waals surface area (Å²) in [6, 6.07) is 9.15. The first kappa shape index (κ1) is 17.7. The summed E-state index contributed by atoms with van der Waals surface area (Å²) in [6.45, 7) is 4.01. The summed E-state index contributed by atoms with van der Waals surface area (Å²) in [6.07, 6.45) is 0. The standard InChI is InChI=1S/C18H16ClN5O2S/c1-10-7-14-16(17(26)24-18(21-14)27-11(2)22-24)23(10)9-15(25)20-8-12-5-3-4-6-13(12)19/h3-7H,8-9H2,1-2H3,(H,20,25). The van der Waals surface area contributed by atoms with E-state index in [2.05, 4.69) is 15.4 Å². The Bertz CT molecular complexity index is 1240. The molecule has 1 aromatic carbocycles. The van der Waals surface area contributed by atoms with Crippen LogP contribution in [0.25, 0.3) is 16.0 Å². The number of fused-ring (bicyclic) bond motifs is 2. The highest BCUT2D eigenvalue weighted by molar-refractivity contribution is 7.16. The molecule has 0 spiro atoms. The van der Waals surface area contributed by atoms with Crippen molar-refractivity contribution < 1.29 is 4.79 Å². The van der Waals surface area contributed by atoms with Gasteiger partial charge in [0, 0.05) is 17.3 Å². The van der Waals surface area contributed by atoms with Crippen LogP contribution in [0.15, 0.2) is 35.1 Å². The van der Waals surface area contributed by atoms with Crippen molar-refractivity contribution in [1.82, 2.24) is 24.5 Å². The molecule has 0 atom stereocenters. The normalized spacial score (nSPS) is 11.4. The molecule has 1 amide bonds. The van der Waals surface area contributed by atoms with Crippen molar-refractivity contribution in [2.45, 2.75) is 26.9 Å². The van der Waals surface area contributed by atoms with Gasteiger partial charge in [-0.05, 0) is 31.5 Å². The number of rotatable bonds is 4. The lowest BCUT2D eigenvalue weighted by atomic mass is 10.2. The van der Waals surface area contributed by atoms with E-state index >= 15 is 0 Å². The summed E-state index contributed by atoms with van der Waals surface area (Å²) in [7, 11) is 0. The molecule has 0 radical (unpaired) electrons. The van der Waals surface area contributed by atoms with Gasteiger partial charge in [0.2, 0.25) is 10.9 Å². The number of benzene rings is 1. The van der Waals surface area contributed by atoms with Crippen molar-refractivity contribution in [3.05, 3.63) is 62.0 Å². The van der Waals surface area contributed by atoms with Crippen LogP contribution >= 0.6 is 22.9 Å². The average molecular weight is 402 g/mol. The van der Waals surface area contributed by atoms with Gasteiger partial charge in [0.25, 0.3) is 5.56 Å². The SMILES string of the molecule is Cc1nn2c(=O)c3c(cc(C)n3CC(=O)NCc3ccccc3Cl)nc2s1. The topological polar surface area (TPSA) is 81.3 Å². The maximum absolute atomic E-state index is 12.8. The number of hydrogen-bond acceptors (Lipinski definition) is 5. The number of aryl methyl sites for hydroxylation is 2. The first-order valence-electron chi connectivity index (χ1n) is 8.30. The van der Waals surface area contributed by atoms with Gasteiger partial charge in [-0.3, -0.25) is 9.59 Å². The Balaban J connectivity index is 1.64. The molecular weight excluding hydrogens is 386 g/mol. The number of nitrogens with one attached hydrogen (secondary N) is 1. The minimum atomic E-state index is -0.272. The smallest absolute Gasteiger partial charge is 0.299 e. The number of amides is 1. The van der Waals surface area contributed by atoms with Gasteiger partial charge in [0.15, 0.2) is 0 Å². The van der Waals surface area contributed by atoms with Crippen molar-refractivity contribution in [3.8, 4) is 0 Å². The highest BCUT2D eigenvalue weighted by Gasteiger charge is 2.17. The Morgan fingerprint density at radius 3 is 2.85 bits per heavy atom. The molecule has 27 heavy (non-hydrogen) atoms. The quantitative estimate of drug-likeness (QED) is 0.570. The Labute approximate surface area is 163 Å². The molecule has 3 aromatic heterocycles. The predicted molar refractivity (Wildman–Crippen MR) is 105 cm³/mol. The molecule has 1 N–H and O–H groups in total. The van der Waals surface area contributed by atoms with Crippen molar-refractivity contribution in [1.29, 1.82) is 0 Å². The van der Waals surface area contributed by atoms with E-state index in [1.807, 2.05) is 38.1 Å². The predicted octanol–water partition coefficient (Wildman–Crippen LogP) is 2.69. The van der Waals surface area contributed by atoms with Crippen LogP contribution in [0.2, 0.25) is 5.02 Å². The molecule has 0 fully saturated rings. The lowest BCUT2D eigenvalue weighted by Crippen LogP contribution is -2.29. The number of nitrogens with zero attached hydrogens (tertiary/aromatic N) is 4. The number of aromatic nitrogens is 4. The fraction of sp³-hybridized carbons (Fsp3) is 0.222. The molecule has 0 saturated carbocycles. The third-order valence-electron chi connectivity index (χ3n) is 4.29. The summed E-state index contributed by atoms with van der Waals surface area (Å²) < 4.78 is 2.97. The van der Waals surface area contributed by atoms with E-state index in [-0.39, 0.29) is 18.0 Å². The average Bonchev–Trinajstić information content (AvgIpc) is 3.14. The van der Waals surface area contributed by atoms with E-state index in [4.69, 9.17) is 11.6 Å². The van der Waals surface area contributed by atoms with Crippen LogP contribution in [-0.2, 0) is 17.9 Å². The molecule has 3 heterocycles. The lowest BCUT2D eigenvalue weighted by Gasteiger charge is -2.10. The first-order chi connectivity index (χ1) is 12.9. The molecule has 9 heteroatoms. The molecule has 4 rings (SSSR count). The van der Waals surface area contributed by atoms with Crippen LogP contribution in [0.4, 0.5) is 0 Å². The van der Waals surface area contributed by atoms with E-state index in [1.165, 1.54) is 15.9 Å². The highest BCUT2D eigenvalue weighted by atomic mass is 35.5. The van der Waals surface area contributed by atoms with Gasteiger partial charge in [-0.15, -0.1) is 0 Å². The molecule has 0 aliphatic heterocycles. The van der Waals surface area contributed by atoms with Gasteiger partial charge in [-0.25, -0.2) is 4.98 Å². The second kappa shape index (κ2) is 6.79. The zero-order valence-electron chi connectivity index (χ0n) is 14.7. The monoisotopic (exact) mass is 401 g/mol. The van der Waals surface area contributed by atoms with Crippen LogP contribution in [0.3, 0.4) is 0 Å². The summed E-state index contributed by atoms with van der Waals surface area (Å²) in [5, 5.41) is 8.41. The first-order valence-corrected chi connectivity index (χ1v) is 9.50. The third-order valence-corrected chi connectivity index (χ3v) is 5.48. The third kappa shape index (κ3) is 3.22. The number of carbonyl (C=O) groups is 1. The van der Waals surface area contributed by atoms with Crippen molar-refractivity contribution in [2.24, 2.45) is 0 Å². The van der Waals surface area contributed by atoms with Crippen LogP contribution < -0.4 is 10.9 Å². The van der Waals surface area contributed by atoms with E-state index in [0.717, 1.165) is 16.3 Å². The molecule has 4 aromatic rings. The molecule has 138 valence electrons. The van der Waals surface area contributed by atoms with Gasteiger partial charge in [-0.2, -0.15) is 9.61 Å². The van der Waals surface area contributed by atoms with Crippen LogP contribution in [0, 0.1) is 13.8 Å². The fourth-order valence-electron chi connectivity index (χ4n) is 2.99. The Morgan fingerprint density at radius 2 is 2.07 bits per heavy atom. The summed E-state index contributed by atoms with van der Waals surface area (Å²) in [5.74, 6) is -0.213.